The average molecular weight is 753 g/mol. The van der Waals surface area contributed by atoms with Crippen LogP contribution in [0.3, 0.4) is 0 Å². The molecule has 13 heteroatoms. The van der Waals surface area contributed by atoms with Gasteiger partial charge in [0, 0.05) is 37.3 Å². The number of ketones is 1. The second-order valence-corrected chi connectivity index (χ2v) is 14.4. The lowest BCUT2D eigenvalue weighted by Gasteiger charge is -2.24. The first-order valence-electron chi connectivity index (χ1n) is 16.7. The fourth-order valence-electron chi connectivity index (χ4n) is 6.57. The Morgan fingerprint density at radius 1 is 0.774 bits per heavy atom. The number of para-hydroxylation sites is 1. The lowest BCUT2D eigenvalue weighted by molar-refractivity contribution is -0.142. The van der Waals surface area contributed by atoms with Crippen molar-refractivity contribution in [1.29, 1.82) is 0 Å². The van der Waals surface area contributed by atoms with Crippen LogP contribution in [-0.4, -0.2) is 42.3 Å². The zero-order chi connectivity index (χ0) is 37.8. The van der Waals surface area contributed by atoms with Gasteiger partial charge in [0.05, 0.1) is 5.69 Å². The molecule has 0 aliphatic carbocycles. The highest BCUT2D eigenvalue weighted by atomic mass is 32.2. The molecule has 0 radical (unpaired) electrons. The Morgan fingerprint density at radius 3 is 1.98 bits per heavy atom. The maximum absolute atomic E-state index is 14.6. The highest BCUT2D eigenvalue weighted by Crippen LogP contribution is 2.40. The van der Waals surface area contributed by atoms with Gasteiger partial charge in [-0.1, -0.05) is 103 Å². The first kappa shape index (κ1) is 37.6. The first-order valence-corrected chi connectivity index (χ1v) is 18.1. The Kier molecular flexibility index (Phi) is 11.0. The van der Waals surface area contributed by atoms with Gasteiger partial charge in [-0.25, -0.2) is 0 Å². The quantitative estimate of drug-likeness (QED) is 0.0442. The average Bonchev–Trinajstić information content (AvgIpc) is 3.45. The molecule has 5 aromatic rings. The van der Waals surface area contributed by atoms with E-state index >= 15 is 0 Å². The van der Waals surface area contributed by atoms with E-state index in [2.05, 4.69) is 9.08 Å². The Bertz CT molecular complexity index is 2170. The number of Topliss-reactive ketones (excluding diaryl/α,β-unsaturated/α-hetero) is 1. The zero-order valence-corrected chi connectivity index (χ0v) is 29.0. The largest absolute Gasteiger partial charge is 0.534 e. The molecule has 53 heavy (non-hydrogen) atoms. The summed E-state index contributed by atoms with van der Waals surface area (Å²) in [4.78, 5) is 16.4. The van der Waals surface area contributed by atoms with Crippen LogP contribution in [0.5, 0.6) is 5.75 Å². The van der Waals surface area contributed by atoms with Crippen molar-refractivity contribution in [1.82, 2.24) is 9.47 Å². The summed E-state index contributed by atoms with van der Waals surface area (Å²) in [5.74, 6) is -1.17. The van der Waals surface area contributed by atoms with Crippen molar-refractivity contribution in [3.8, 4) is 22.7 Å². The number of rotatable bonds is 11. The van der Waals surface area contributed by atoms with Gasteiger partial charge in [0.25, 0.3) is 0 Å². The molecule has 1 aliphatic heterocycles. The molecule has 6 rings (SSSR count). The molecule has 1 aromatic heterocycles. The number of benzene rings is 4. The Hall–Kier alpha value is -5.14. The van der Waals surface area contributed by atoms with Crippen LogP contribution in [0.2, 0.25) is 0 Å². The summed E-state index contributed by atoms with van der Waals surface area (Å²) in [6.45, 7) is 1.71. The molecule has 276 valence electrons. The van der Waals surface area contributed by atoms with Crippen molar-refractivity contribution in [2.45, 2.75) is 37.5 Å². The molecule has 1 aliphatic rings. The zero-order valence-electron chi connectivity index (χ0n) is 28.1. The molecule has 0 amide bonds. The van der Waals surface area contributed by atoms with Crippen molar-refractivity contribution >= 4 is 15.9 Å². The highest BCUT2D eigenvalue weighted by Gasteiger charge is 2.48. The van der Waals surface area contributed by atoms with Crippen molar-refractivity contribution in [3.05, 3.63) is 155 Å². The maximum atomic E-state index is 14.6. The fraction of sp³-hybridized carbons (Fsp3) is 0.225. The minimum Gasteiger partial charge on any atom is -0.376 e. The molecule has 0 saturated heterocycles. The number of carbonyl (C=O) groups excluding carboxylic acids is 1. The molecule has 1 atom stereocenters. The Labute approximate surface area is 303 Å². The van der Waals surface area contributed by atoms with Crippen LogP contribution >= 0.6 is 0 Å². The van der Waals surface area contributed by atoms with Gasteiger partial charge in [-0.05, 0) is 65.8 Å². The van der Waals surface area contributed by atoms with E-state index < -0.39 is 39.0 Å². The van der Waals surface area contributed by atoms with Crippen LogP contribution in [0.15, 0.2) is 133 Å². The van der Waals surface area contributed by atoms with E-state index in [0.29, 0.717) is 43.6 Å². The summed E-state index contributed by atoms with van der Waals surface area (Å²) in [5.41, 5.74) is -3.27. The van der Waals surface area contributed by atoms with Crippen LogP contribution in [0.4, 0.5) is 26.3 Å². The monoisotopic (exact) mass is 752 g/mol. The predicted octanol–water partition coefficient (Wildman–Crippen LogP) is 9.66. The lowest BCUT2D eigenvalue weighted by Crippen LogP contribution is -2.29. The third-order valence-corrected chi connectivity index (χ3v) is 9.89. The number of halogens is 6. The van der Waals surface area contributed by atoms with Crippen molar-refractivity contribution in [2.75, 3.05) is 13.1 Å². The summed E-state index contributed by atoms with van der Waals surface area (Å²) in [6, 6.07) is 32.5. The standard InChI is InChI=1S/C40H34F6N2O4S/c41-39(42,43)37-25-35(38(32-12-6-2-7-13-32)48(37)33-14-8-3-9-15-33)36(49)24-30-20-21-47(26-29-10-4-1-5-11-29)27-31(23-30)22-28-16-18-34(19-17-28)52-53(50,51)40(44,45)46/h1-19,23,25,31H,20-22,24,26-27H2. The number of alkyl halides is 6. The molecular formula is C40H34F6N2O4S. The lowest BCUT2D eigenvalue weighted by atomic mass is 9.93. The van der Waals surface area contributed by atoms with Gasteiger partial charge in [0.15, 0.2) is 5.78 Å². The summed E-state index contributed by atoms with van der Waals surface area (Å²) < 4.78 is 111. The minimum atomic E-state index is -5.83. The van der Waals surface area contributed by atoms with Crippen LogP contribution in [-0.2, 0) is 29.3 Å². The van der Waals surface area contributed by atoms with Crippen molar-refractivity contribution < 1.29 is 43.7 Å². The maximum Gasteiger partial charge on any atom is 0.534 e. The van der Waals surface area contributed by atoms with E-state index in [1.165, 1.54) is 12.1 Å². The van der Waals surface area contributed by atoms with Gasteiger partial charge in [-0.2, -0.15) is 34.8 Å². The summed E-state index contributed by atoms with van der Waals surface area (Å²) >= 11 is 0. The highest BCUT2D eigenvalue weighted by molar-refractivity contribution is 7.88. The molecule has 4 aromatic carbocycles. The van der Waals surface area contributed by atoms with E-state index in [1.54, 1.807) is 60.7 Å². The van der Waals surface area contributed by atoms with Gasteiger partial charge in [0.1, 0.15) is 11.4 Å². The fourth-order valence-corrected chi connectivity index (χ4v) is 7.03. The molecule has 2 heterocycles. The van der Waals surface area contributed by atoms with Gasteiger partial charge < -0.3 is 8.75 Å². The second-order valence-electron chi connectivity index (χ2n) is 12.8. The number of hydrogen-bond donors (Lipinski definition) is 0. The Morgan fingerprint density at radius 2 is 1.38 bits per heavy atom. The minimum absolute atomic E-state index is 0.0559. The summed E-state index contributed by atoms with van der Waals surface area (Å²) in [6.07, 6.45) is -2.08. The number of aromatic nitrogens is 1. The van der Waals surface area contributed by atoms with Crippen molar-refractivity contribution in [2.24, 2.45) is 5.92 Å². The molecule has 0 fully saturated rings. The SMILES string of the molecule is O=C(CC1=CC(Cc2ccc(OS(=O)(=O)C(F)(F)F)cc2)CN(Cc2ccccc2)CC1)c1cc(C(F)(F)F)n(-c2ccccc2)c1-c1ccccc1. The molecule has 0 N–H and O–H groups in total. The number of hydrogen-bond acceptors (Lipinski definition) is 5. The summed E-state index contributed by atoms with van der Waals surface area (Å²) in [7, 11) is -5.83. The molecule has 0 saturated carbocycles. The Balaban J connectivity index is 1.32. The van der Waals surface area contributed by atoms with Gasteiger partial charge in [-0.15, -0.1) is 0 Å². The number of nitrogens with zero attached hydrogens (tertiary/aromatic N) is 2. The normalized spacial score (nSPS) is 15.8. The molecule has 6 nitrogen and oxygen atoms in total. The first-order chi connectivity index (χ1) is 25.2. The smallest absolute Gasteiger partial charge is 0.376 e. The molecule has 0 bridgehead atoms. The van der Waals surface area contributed by atoms with Crippen LogP contribution in [0.25, 0.3) is 16.9 Å². The van der Waals surface area contributed by atoms with E-state index in [0.717, 1.165) is 33.9 Å². The van der Waals surface area contributed by atoms with Crippen LogP contribution in [0.1, 0.15) is 40.0 Å². The van der Waals surface area contributed by atoms with E-state index in [-0.39, 0.29) is 29.3 Å². The molecule has 0 spiro atoms. The third kappa shape index (κ3) is 9.09. The summed E-state index contributed by atoms with van der Waals surface area (Å²) in [5, 5.41) is 0. The predicted molar refractivity (Wildman–Crippen MR) is 189 cm³/mol. The van der Waals surface area contributed by atoms with Crippen LogP contribution in [0, 0.1) is 5.92 Å². The van der Waals surface area contributed by atoms with Gasteiger partial charge in [0.2, 0.25) is 0 Å². The van der Waals surface area contributed by atoms with E-state index in [4.69, 9.17) is 0 Å². The van der Waals surface area contributed by atoms with E-state index in [9.17, 15) is 39.6 Å². The van der Waals surface area contributed by atoms with E-state index in [1.807, 2.05) is 36.4 Å². The van der Waals surface area contributed by atoms with Gasteiger partial charge >= 0.3 is 21.8 Å². The third-order valence-electron chi connectivity index (χ3n) is 8.91. The molecular weight excluding hydrogens is 719 g/mol. The topological polar surface area (TPSA) is 68.6 Å². The van der Waals surface area contributed by atoms with Crippen molar-refractivity contribution in [3.63, 3.8) is 0 Å². The van der Waals surface area contributed by atoms with Gasteiger partial charge in [-0.3, -0.25) is 9.69 Å². The number of carbonyl (C=O) groups is 1. The molecule has 1 unspecified atom stereocenters. The second kappa shape index (κ2) is 15.5. The van der Waals surface area contributed by atoms with Crippen LogP contribution < -0.4 is 4.18 Å².